The van der Waals surface area contributed by atoms with Crippen molar-refractivity contribution in [2.24, 2.45) is 0 Å². The maximum absolute atomic E-state index is 11.3. The second-order valence-electron chi connectivity index (χ2n) is 3.05. The lowest BCUT2D eigenvalue weighted by molar-refractivity contribution is -0.107. The van der Waals surface area contributed by atoms with Crippen LogP contribution in [0.5, 0.6) is 0 Å². The molecule has 0 unspecified atom stereocenters. The molecule has 1 aromatic carbocycles. The van der Waals surface area contributed by atoms with Crippen molar-refractivity contribution in [3.8, 4) is 0 Å². The average Bonchev–Trinajstić information content (AvgIpc) is 2.24. The molecular formula is C11H11BrO3. The molecule has 15 heavy (non-hydrogen) atoms. The molecule has 80 valence electrons. The number of esters is 1. The van der Waals surface area contributed by atoms with E-state index in [1.54, 1.807) is 12.1 Å². The number of carbonyl (C=O) groups is 2. The number of aryl methyl sites for hydroxylation is 1. The fourth-order valence-corrected chi connectivity index (χ4v) is 1.80. The number of benzene rings is 1. The van der Waals surface area contributed by atoms with E-state index in [2.05, 4.69) is 20.7 Å². The van der Waals surface area contributed by atoms with Crippen molar-refractivity contribution in [3.05, 3.63) is 33.8 Å². The Morgan fingerprint density at radius 3 is 2.80 bits per heavy atom. The lowest BCUT2D eigenvalue weighted by Gasteiger charge is -2.04. The summed E-state index contributed by atoms with van der Waals surface area (Å²) in [5, 5.41) is 0. The lowest BCUT2D eigenvalue weighted by atomic mass is 10.1. The molecule has 0 bridgehead atoms. The highest BCUT2D eigenvalue weighted by molar-refractivity contribution is 9.10. The van der Waals surface area contributed by atoms with Crippen LogP contribution in [0.1, 0.15) is 22.3 Å². The molecule has 0 saturated heterocycles. The highest BCUT2D eigenvalue weighted by atomic mass is 79.9. The summed E-state index contributed by atoms with van der Waals surface area (Å²) in [5.74, 6) is -0.372. The zero-order valence-electron chi connectivity index (χ0n) is 8.33. The monoisotopic (exact) mass is 270 g/mol. The van der Waals surface area contributed by atoms with E-state index in [0.717, 1.165) is 16.3 Å². The second-order valence-corrected chi connectivity index (χ2v) is 3.96. The van der Waals surface area contributed by atoms with E-state index in [-0.39, 0.29) is 5.97 Å². The minimum absolute atomic E-state index is 0.372. The molecule has 0 atom stereocenters. The van der Waals surface area contributed by atoms with Gasteiger partial charge in [-0.1, -0.05) is 15.9 Å². The van der Waals surface area contributed by atoms with Crippen LogP contribution in [0.3, 0.4) is 0 Å². The van der Waals surface area contributed by atoms with E-state index >= 15 is 0 Å². The number of hydrogen-bond donors (Lipinski definition) is 0. The van der Waals surface area contributed by atoms with Crippen LogP contribution >= 0.6 is 15.9 Å². The minimum atomic E-state index is -0.372. The standard InChI is InChI=1S/C11H11BrO3/c1-15-11(14)9-5-8(3-2-4-13)6-10(12)7-9/h4-7H,2-3H2,1H3. The third-order valence-electron chi connectivity index (χ3n) is 1.93. The predicted octanol–water partition coefficient (Wildman–Crippen LogP) is 2.37. The zero-order chi connectivity index (χ0) is 11.3. The van der Waals surface area contributed by atoms with Crippen molar-refractivity contribution >= 4 is 28.2 Å². The molecule has 0 radical (unpaired) electrons. The molecule has 0 N–H and O–H groups in total. The van der Waals surface area contributed by atoms with Crippen molar-refractivity contribution in [2.45, 2.75) is 12.8 Å². The Bertz CT molecular complexity index is 374. The molecule has 0 fully saturated rings. The van der Waals surface area contributed by atoms with Crippen LogP contribution in [0.15, 0.2) is 22.7 Å². The van der Waals surface area contributed by atoms with E-state index in [0.29, 0.717) is 18.4 Å². The van der Waals surface area contributed by atoms with Crippen LogP contribution in [0.2, 0.25) is 0 Å². The predicted molar refractivity (Wildman–Crippen MR) is 59.9 cm³/mol. The van der Waals surface area contributed by atoms with Gasteiger partial charge in [0.2, 0.25) is 0 Å². The molecule has 0 aliphatic carbocycles. The van der Waals surface area contributed by atoms with Crippen molar-refractivity contribution in [2.75, 3.05) is 7.11 Å². The molecule has 0 amide bonds. The maximum Gasteiger partial charge on any atom is 0.337 e. The zero-order valence-corrected chi connectivity index (χ0v) is 9.91. The molecular weight excluding hydrogens is 260 g/mol. The summed E-state index contributed by atoms with van der Waals surface area (Å²) in [4.78, 5) is 21.5. The van der Waals surface area contributed by atoms with Crippen molar-refractivity contribution in [1.82, 2.24) is 0 Å². The van der Waals surface area contributed by atoms with E-state index in [9.17, 15) is 9.59 Å². The van der Waals surface area contributed by atoms with Gasteiger partial charge in [-0.05, 0) is 30.2 Å². The van der Waals surface area contributed by atoms with Crippen LogP contribution in [-0.2, 0) is 16.0 Å². The van der Waals surface area contributed by atoms with Crippen LogP contribution in [-0.4, -0.2) is 19.4 Å². The summed E-state index contributed by atoms with van der Waals surface area (Å²) in [7, 11) is 1.34. The third kappa shape index (κ3) is 3.47. The van der Waals surface area contributed by atoms with Gasteiger partial charge in [0.25, 0.3) is 0 Å². The van der Waals surface area contributed by atoms with Gasteiger partial charge >= 0.3 is 5.97 Å². The Labute approximate surface area is 96.6 Å². The molecule has 0 heterocycles. The number of methoxy groups -OCH3 is 1. The van der Waals surface area contributed by atoms with Gasteiger partial charge in [-0.2, -0.15) is 0 Å². The van der Waals surface area contributed by atoms with Crippen LogP contribution in [0.4, 0.5) is 0 Å². The summed E-state index contributed by atoms with van der Waals surface area (Å²) in [6, 6.07) is 5.31. The fourth-order valence-electron chi connectivity index (χ4n) is 1.26. The maximum atomic E-state index is 11.3. The summed E-state index contributed by atoms with van der Waals surface area (Å²) >= 11 is 3.31. The molecule has 1 rings (SSSR count). The molecule has 0 saturated carbocycles. The van der Waals surface area contributed by atoms with E-state index in [1.807, 2.05) is 6.07 Å². The number of halogens is 1. The number of hydrogen-bond acceptors (Lipinski definition) is 3. The first-order valence-corrected chi connectivity index (χ1v) is 5.28. The fraction of sp³-hybridized carbons (Fsp3) is 0.273. The van der Waals surface area contributed by atoms with Gasteiger partial charge < -0.3 is 9.53 Å². The summed E-state index contributed by atoms with van der Waals surface area (Å²) in [6.07, 6.45) is 1.95. The van der Waals surface area contributed by atoms with Gasteiger partial charge in [-0.3, -0.25) is 0 Å². The van der Waals surface area contributed by atoms with Crippen LogP contribution in [0.25, 0.3) is 0 Å². The quantitative estimate of drug-likeness (QED) is 0.623. The smallest absolute Gasteiger partial charge is 0.337 e. The molecule has 1 aromatic rings. The van der Waals surface area contributed by atoms with E-state index < -0.39 is 0 Å². The number of ether oxygens (including phenoxy) is 1. The normalized spacial score (nSPS) is 9.73. The van der Waals surface area contributed by atoms with Crippen molar-refractivity contribution in [3.63, 3.8) is 0 Å². The van der Waals surface area contributed by atoms with Gasteiger partial charge in [-0.15, -0.1) is 0 Å². The molecule has 0 aliphatic heterocycles. The highest BCUT2D eigenvalue weighted by Gasteiger charge is 2.07. The van der Waals surface area contributed by atoms with Gasteiger partial charge in [-0.25, -0.2) is 4.79 Å². The van der Waals surface area contributed by atoms with Crippen molar-refractivity contribution in [1.29, 1.82) is 0 Å². The molecule has 0 aliphatic rings. The molecule has 3 nitrogen and oxygen atoms in total. The molecule has 0 spiro atoms. The average molecular weight is 271 g/mol. The van der Waals surface area contributed by atoms with Crippen molar-refractivity contribution < 1.29 is 14.3 Å². The first-order chi connectivity index (χ1) is 7.17. The second kappa shape index (κ2) is 5.66. The minimum Gasteiger partial charge on any atom is -0.465 e. The molecule has 0 aromatic heterocycles. The third-order valence-corrected chi connectivity index (χ3v) is 2.39. The van der Waals surface area contributed by atoms with Crippen LogP contribution < -0.4 is 0 Å². The van der Waals surface area contributed by atoms with Gasteiger partial charge in [0.15, 0.2) is 0 Å². The lowest BCUT2D eigenvalue weighted by Crippen LogP contribution is -2.02. The topological polar surface area (TPSA) is 43.4 Å². The summed E-state index contributed by atoms with van der Waals surface area (Å²) < 4.78 is 5.43. The van der Waals surface area contributed by atoms with Gasteiger partial charge in [0.05, 0.1) is 12.7 Å². The number of rotatable bonds is 4. The summed E-state index contributed by atoms with van der Waals surface area (Å²) in [6.45, 7) is 0. The van der Waals surface area contributed by atoms with E-state index in [4.69, 9.17) is 0 Å². The largest absolute Gasteiger partial charge is 0.465 e. The Morgan fingerprint density at radius 1 is 1.47 bits per heavy atom. The van der Waals surface area contributed by atoms with Gasteiger partial charge in [0, 0.05) is 10.9 Å². The first-order valence-electron chi connectivity index (χ1n) is 4.49. The molecule has 4 heteroatoms. The number of carbonyl (C=O) groups excluding carboxylic acids is 2. The SMILES string of the molecule is COC(=O)c1cc(Br)cc(CCC=O)c1. The Balaban J connectivity index is 2.94. The van der Waals surface area contributed by atoms with E-state index in [1.165, 1.54) is 7.11 Å². The Hall–Kier alpha value is -1.16. The first kappa shape index (κ1) is 11.9. The van der Waals surface area contributed by atoms with Crippen LogP contribution in [0, 0.1) is 0 Å². The highest BCUT2D eigenvalue weighted by Crippen LogP contribution is 2.17. The Morgan fingerprint density at radius 2 is 2.20 bits per heavy atom. The Kier molecular flexibility index (Phi) is 4.49. The van der Waals surface area contributed by atoms with Gasteiger partial charge in [0.1, 0.15) is 6.29 Å². The summed E-state index contributed by atoms with van der Waals surface area (Å²) in [5.41, 5.74) is 1.43. The number of aldehydes is 1.